The fourth-order valence-corrected chi connectivity index (χ4v) is 2.86. The zero-order valence-electron chi connectivity index (χ0n) is 12.3. The number of nitrogens with zero attached hydrogens (tertiary/aromatic N) is 1. The molecular weight excluding hydrogens is 298 g/mol. The first-order valence-electron chi connectivity index (χ1n) is 6.85. The first-order chi connectivity index (χ1) is 9.70. The summed E-state index contributed by atoms with van der Waals surface area (Å²) in [5, 5.41) is 14.6. The molecule has 122 valence electrons. The van der Waals surface area contributed by atoms with Crippen molar-refractivity contribution >= 4 is 21.8 Å². The number of sulfone groups is 1. The van der Waals surface area contributed by atoms with Crippen LogP contribution >= 0.6 is 0 Å². The van der Waals surface area contributed by atoms with Crippen LogP contribution in [0.25, 0.3) is 0 Å². The average molecular weight is 321 g/mol. The summed E-state index contributed by atoms with van der Waals surface area (Å²) in [6.07, 6.45) is 2.52. The average Bonchev–Trinajstić information content (AvgIpc) is 2.42. The van der Waals surface area contributed by atoms with E-state index in [2.05, 4.69) is 10.6 Å². The van der Waals surface area contributed by atoms with Gasteiger partial charge in [0.05, 0.1) is 5.75 Å². The van der Waals surface area contributed by atoms with Gasteiger partial charge in [-0.2, -0.15) is 0 Å². The lowest BCUT2D eigenvalue weighted by molar-refractivity contribution is -0.139. The van der Waals surface area contributed by atoms with Crippen LogP contribution in [0.1, 0.15) is 19.3 Å². The fourth-order valence-electron chi connectivity index (χ4n) is 2.20. The van der Waals surface area contributed by atoms with Crippen molar-refractivity contribution in [3.63, 3.8) is 0 Å². The summed E-state index contributed by atoms with van der Waals surface area (Å²) in [6, 6.07) is -1.62. The summed E-state index contributed by atoms with van der Waals surface area (Å²) in [7, 11) is -1.64. The number of hydrogen-bond acceptors (Lipinski definition) is 5. The third kappa shape index (κ3) is 6.30. The molecule has 8 nitrogen and oxygen atoms in total. The van der Waals surface area contributed by atoms with E-state index in [-0.39, 0.29) is 18.2 Å². The second-order valence-corrected chi connectivity index (χ2v) is 7.61. The van der Waals surface area contributed by atoms with Crippen LogP contribution < -0.4 is 10.6 Å². The lowest BCUT2D eigenvalue weighted by atomic mass is 10.1. The highest BCUT2D eigenvalue weighted by Crippen LogP contribution is 2.10. The molecule has 0 aromatic carbocycles. The van der Waals surface area contributed by atoms with E-state index < -0.39 is 27.9 Å². The van der Waals surface area contributed by atoms with Crippen molar-refractivity contribution in [3.8, 4) is 0 Å². The Morgan fingerprint density at radius 2 is 1.95 bits per heavy atom. The summed E-state index contributed by atoms with van der Waals surface area (Å²) >= 11 is 0. The predicted octanol–water partition coefficient (Wildman–Crippen LogP) is -0.732. The number of rotatable bonds is 6. The Bertz CT molecular complexity index is 473. The van der Waals surface area contributed by atoms with Crippen molar-refractivity contribution < 1.29 is 23.1 Å². The first-order valence-corrected chi connectivity index (χ1v) is 8.91. The van der Waals surface area contributed by atoms with Gasteiger partial charge < -0.3 is 20.6 Å². The third-order valence-electron chi connectivity index (χ3n) is 3.55. The second-order valence-electron chi connectivity index (χ2n) is 5.35. The van der Waals surface area contributed by atoms with Gasteiger partial charge in [0.25, 0.3) is 0 Å². The summed E-state index contributed by atoms with van der Waals surface area (Å²) in [5.41, 5.74) is 0. The van der Waals surface area contributed by atoms with E-state index in [1.807, 2.05) is 0 Å². The molecule has 21 heavy (non-hydrogen) atoms. The van der Waals surface area contributed by atoms with Gasteiger partial charge in [0.1, 0.15) is 15.9 Å². The van der Waals surface area contributed by atoms with E-state index in [0.29, 0.717) is 0 Å². The molecule has 2 amide bonds. The molecule has 1 unspecified atom stereocenters. The van der Waals surface area contributed by atoms with Crippen molar-refractivity contribution in [2.24, 2.45) is 0 Å². The van der Waals surface area contributed by atoms with E-state index in [0.717, 1.165) is 32.2 Å². The highest BCUT2D eigenvalue weighted by atomic mass is 32.2. The van der Waals surface area contributed by atoms with Crippen LogP contribution in [-0.2, 0) is 14.6 Å². The van der Waals surface area contributed by atoms with E-state index in [4.69, 9.17) is 5.11 Å². The molecule has 0 saturated carbocycles. The van der Waals surface area contributed by atoms with Crippen molar-refractivity contribution in [2.75, 3.05) is 32.1 Å². The number of hydrogen-bond donors (Lipinski definition) is 3. The van der Waals surface area contributed by atoms with Crippen LogP contribution in [0, 0.1) is 0 Å². The first kappa shape index (κ1) is 17.7. The molecule has 1 saturated heterocycles. The highest BCUT2D eigenvalue weighted by Gasteiger charge is 2.26. The van der Waals surface area contributed by atoms with E-state index in [1.54, 1.807) is 7.05 Å². The van der Waals surface area contributed by atoms with Crippen LogP contribution in [0.3, 0.4) is 0 Å². The monoisotopic (exact) mass is 321 g/mol. The molecule has 9 heteroatoms. The minimum atomic E-state index is -3.27. The summed E-state index contributed by atoms with van der Waals surface area (Å²) in [4.78, 5) is 24.7. The van der Waals surface area contributed by atoms with Gasteiger partial charge in [-0.15, -0.1) is 0 Å². The van der Waals surface area contributed by atoms with Crippen molar-refractivity contribution in [3.05, 3.63) is 0 Å². The zero-order chi connectivity index (χ0) is 16.0. The summed E-state index contributed by atoms with van der Waals surface area (Å²) in [5.74, 6) is -1.51. The molecule has 1 aliphatic rings. The third-order valence-corrected chi connectivity index (χ3v) is 4.53. The maximum Gasteiger partial charge on any atom is 0.326 e. The minimum absolute atomic E-state index is 0.0654. The number of urea groups is 1. The van der Waals surface area contributed by atoms with Gasteiger partial charge in [0, 0.05) is 19.3 Å². The van der Waals surface area contributed by atoms with Gasteiger partial charge in [-0.05, 0) is 32.4 Å². The fraction of sp³-hybridized carbons (Fsp3) is 0.833. The van der Waals surface area contributed by atoms with Gasteiger partial charge in [-0.25, -0.2) is 18.0 Å². The molecule has 1 rings (SSSR count). The van der Waals surface area contributed by atoms with E-state index in [1.165, 1.54) is 4.90 Å². The lowest BCUT2D eigenvalue weighted by Gasteiger charge is -2.32. The second kappa shape index (κ2) is 7.60. The molecule has 0 aromatic rings. The number of carboxylic acid groups (broad SMARTS) is 1. The number of aliphatic carboxylic acids is 1. The van der Waals surface area contributed by atoms with Crippen LogP contribution in [0.5, 0.6) is 0 Å². The standard InChI is InChI=1S/C12H23N3O5S/c1-15(9-3-6-13-7-4-9)12(18)14-10(11(16)17)5-8-21(2,19)20/h9-10,13H,3-8H2,1-2H3,(H,14,18)(H,16,17). The van der Waals surface area contributed by atoms with E-state index in [9.17, 15) is 18.0 Å². The van der Waals surface area contributed by atoms with Crippen LogP contribution in [0.2, 0.25) is 0 Å². The number of nitrogens with one attached hydrogen (secondary N) is 2. The lowest BCUT2D eigenvalue weighted by Crippen LogP contribution is -2.52. The molecule has 1 fully saturated rings. The summed E-state index contributed by atoms with van der Waals surface area (Å²) < 4.78 is 22.2. The SMILES string of the molecule is CN(C(=O)NC(CCS(C)(=O)=O)C(=O)O)C1CCNCC1. The normalized spacial score (nSPS) is 18.0. The summed E-state index contributed by atoms with van der Waals surface area (Å²) in [6.45, 7) is 1.64. The Labute approximate surface area is 124 Å². The minimum Gasteiger partial charge on any atom is -0.480 e. The van der Waals surface area contributed by atoms with Crippen molar-refractivity contribution in [2.45, 2.75) is 31.3 Å². The molecule has 1 aliphatic heterocycles. The zero-order valence-corrected chi connectivity index (χ0v) is 13.1. The number of amides is 2. The Morgan fingerprint density at radius 1 is 1.38 bits per heavy atom. The van der Waals surface area contributed by atoms with Gasteiger partial charge in [0.15, 0.2) is 0 Å². The van der Waals surface area contributed by atoms with Gasteiger partial charge in [-0.1, -0.05) is 0 Å². The van der Waals surface area contributed by atoms with Crippen LogP contribution in [0.15, 0.2) is 0 Å². The van der Waals surface area contributed by atoms with Crippen molar-refractivity contribution in [1.82, 2.24) is 15.5 Å². The van der Waals surface area contributed by atoms with E-state index >= 15 is 0 Å². The van der Waals surface area contributed by atoms with Crippen molar-refractivity contribution in [1.29, 1.82) is 0 Å². The molecule has 0 bridgehead atoms. The molecule has 0 aromatic heterocycles. The highest BCUT2D eigenvalue weighted by molar-refractivity contribution is 7.90. The quantitative estimate of drug-likeness (QED) is 0.594. The Kier molecular flexibility index (Phi) is 6.41. The smallest absolute Gasteiger partial charge is 0.326 e. The van der Waals surface area contributed by atoms with Gasteiger partial charge >= 0.3 is 12.0 Å². The number of carbonyl (C=O) groups excluding carboxylic acids is 1. The number of carbonyl (C=O) groups is 2. The Hall–Kier alpha value is -1.35. The Morgan fingerprint density at radius 3 is 2.43 bits per heavy atom. The Balaban J connectivity index is 2.56. The molecule has 0 radical (unpaired) electrons. The molecule has 1 heterocycles. The van der Waals surface area contributed by atoms with Crippen LogP contribution in [0.4, 0.5) is 4.79 Å². The molecule has 0 spiro atoms. The van der Waals surface area contributed by atoms with Gasteiger partial charge in [-0.3, -0.25) is 0 Å². The largest absolute Gasteiger partial charge is 0.480 e. The molecule has 3 N–H and O–H groups in total. The molecule has 1 atom stereocenters. The predicted molar refractivity (Wildman–Crippen MR) is 77.9 cm³/mol. The topological polar surface area (TPSA) is 116 Å². The van der Waals surface area contributed by atoms with Gasteiger partial charge in [0.2, 0.25) is 0 Å². The van der Waals surface area contributed by atoms with Crippen LogP contribution in [-0.4, -0.2) is 74.7 Å². The molecular formula is C12H23N3O5S. The number of piperidine rings is 1. The maximum atomic E-state index is 12.1. The number of carboxylic acids is 1. The molecule has 0 aliphatic carbocycles. The maximum absolute atomic E-state index is 12.1.